The van der Waals surface area contributed by atoms with Crippen LogP contribution in [-0.2, 0) is 11.3 Å². The van der Waals surface area contributed by atoms with Gasteiger partial charge in [0.1, 0.15) is 0 Å². The Hall–Kier alpha value is -1.39. The minimum Gasteiger partial charge on any atom is -0.354 e. The smallest absolute Gasteiger partial charge is 0.221 e. The fourth-order valence-corrected chi connectivity index (χ4v) is 2.88. The lowest BCUT2D eigenvalue weighted by molar-refractivity contribution is -0.121. The van der Waals surface area contributed by atoms with E-state index in [1.807, 2.05) is 7.05 Å². The van der Waals surface area contributed by atoms with Crippen molar-refractivity contribution in [3.8, 4) is 0 Å². The van der Waals surface area contributed by atoms with Crippen molar-refractivity contribution in [1.29, 1.82) is 0 Å². The third-order valence-electron chi connectivity index (χ3n) is 4.11. The fourth-order valence-electron chi connectivity index (χ4n) is 2.88. The van der Waals surface area contributed by atoms with Crippen LogP contribution in [0.15, 0.2) is 30.3 Å². The van der Waals surface area contributed by atoms with E-state index in [1.54, 1.807) is 0 Å². The topological polar surface area (TPSA) is 44.4 Å². The van der Waals surface area contributed by atoms with E-state index in [0.29, 0.717) is 12.5 Å². The van der Waals surface area contributed by atoms with Gasteiger partial charge in [-0.1, -0.05) is 36.8 Å². The molecule has 1 fully saturated rings. The lowest BCUT2D eigenvalue weighted by Crippen LogP contribution is -2.46. The highest BCUT2D eigenvalue weighted by Gasteiger charge is 2.22. The summed E-state index contributed by atoms with van der Waals surface area (Å²) in [4.78, 5) is 14.3. The van der Waals surface area contributed by atoms with Gasteiger partial charge in [0.25, 0.3) is 0 Å². The van der Waals surface area contributed by atoms with Gasteiger partial charge in [0.15, 0.2) is 0 Å². The predicted octanol–water partition coefficient (Wildman–Crippen LogP) is 1.77. The van der Waals surface area contributed by atoms with Crippen LogP contribution < -0.4 is 10.6 Å². The zero-order chi connectivity index (χ0) is 14.9. The van der Waals surface area contributed by atoms with Crippen LogP contribution in [0.25, 0.3) is 0 Å². The van der Waals surface area contributed by atoms with Gasteiger partial charge in [-0.15, -0.1) is 0 Å². The van der Waals surface area contributed by atoms with Crippen molar-refractivity contribution >= 4 is 5.91 Å². The first kappa shape index (κ1) is 16.0. The highest BCUT2D eigenvalue weighted by molar-refractivity contribution is 5.76. The molecule has 2 N–H and O–H groups in total. The number of benzene rings is 1. The number of amides is 1. The highest BCUT2D eigenvalue weighted by Crippen LogP contribution is 2.19. The average molecular weight is 289 g/mol. The van der Waals surface area contributed by atoms with Gasteiger partial charge in [0.2, 0.25) is 5.91 Å². The van der Waals surface area contributed by atoms with Crippen LogP contribution in [0.1, 0.15) is 31.2 Å². The lowest BCUT2D eigenvalue weighted by Gasteiger charge is -2.36. The molecule has 1 heterocycles. The molecule has 1 aromatic carbocycles. The number of likely N-dealkylation sites (tertiary alicyclic amines) is 1. The molecular weight excluding hydrogens is 262 g/mol. The maximum Gasteiger partial charge on any atom is 0.221 e. The molecule has 0 spiro atoms. The summed E-state index contributed by atoms with van der Waals surface area (Å²) in [7, 11) is 1.87. The minimum atomic E-state index is 0.148. The molecule has 0 aromatic heterocycles. The highest BCUT2D eigenvalue weighted by atomic mass is 16.1. The summed E-state index contributed by atoms with van der Waals surface area (Å²) < 4.78 is 0. The Morgan fingerprint density at radius 1 is 1.29 bits per heavy atom. The first-order valence-corrected chi connectivity index (χ1v) is 7.99. The predicted molar refractivity (Wildman–Crippen MR) is 86.0 cm³/mol. The Morgan fingerprint density at radius 3 is 2.86 bits per heavy atom. The maximum absolute atomic E-state index is 11.7. The SMILES string of the molecule is CNCCC(=O)NCC1CCCCN1Cc1ccccc1. The molecule has 0 saturated carbocycles. The third kappa shape index (κ3) is 5.48. The number of hydrogen-bond acceptors (Lipinski definition) is 3. The molecule has 116 valence electrons. The van der Waals surface area contributed by atoms with Crippen molar-refractivity contribution in [3.05, 3.63) is 35.9 Å². The minimum absolute atomic E-state index is 0.148. The summed E-state index contributed by atoms with van der Waals surface area (Å²) in [6.45, 7) is 3.63. The monoisotopic (exact) mass is 289 g/mol. The Labute approximate surface area is 127 Å². The Kier molecular flexibility index (Phi) is 6.70. The molecule has 1 unspecified atom stereocenters. The second-order valence-electron chi connectivity index (χ2n) is 5.76. The van der Waals surface area contributed by atoms with E-state index in [9.17, 15) is 4.79 Å². The molecule has 0 aliphatic carbocycles. The Bertz CT molecular complexity index is 421. The van der Waals surface area contributed by atoms with Crippen LogP contribution in [0.3, 0.4) is 0 Å². The van der Waals surface area contributed by atoms with E-state index in [0.717, 1.165) is 26.2 Å². The molecule has 0 bridgehead atoms. The van der Waals surface area contributed by atoms with Gasteiger partial charge in [0, 0.05) is 32.1 Å². The van der Waals surface area contributed by atoms with Crippen molar-refractivity contribution in [1.82, 2.24) is 15.5 Å². The standard InChI is InChI=1S/C17H27N3O/c1-18-11-10-17(21)19-13-16-9-5-6-12-20(16)14-15-7-3-2-4-8-15/h2-4,7-8,16,18H,5-6,9-14H2,1H3,(H,19,21). The number of piperidine rings is 1. The molecule has 0 radical (unpaired) electrons. The summed E-state index contributed by atoms with van der Waals surface area (Å²) in [5.74, 6) is 0.148. The van der Waals surface area contributed by atoms with Gasteiger partial charge in [-0.05, 0) is 32.0 Å². The second kappa shape index (κ2) is 8.80. The number of rotatable bonds is 7. The summed E-state index contributed by atoms with van der Waals surface area (Å²) in [6, 6.07) is 11.1. The summed E-state index contributed by atoms with van der Waals surface area (Å²) >= 11 is 0. The van der Waals surface area contributed by atoms with Crippen LogP contribution in [-0.4, -0.2) is 43.5 Å². The van der Waals surface area contributed by atoms with E-state index in [1.165, 1.54) is 24.8 Å². The van der Waals surface area contributed by atoms with Crippen LogP contribution >= 0.6 is 0 Å². The number of carbonyl (C=O) groups is 1. The lowest BCUT2D eigenvalue weighted by atomic mass is 10.0. The molecule has 1 aliphatic heterocycles. The first-order valence-electron chi connectivity index (χ1n) is 7.99. The quantitative estimate of drug-likeness (QED) is 0.804. The number of carbonyl (C=O) groups excluding carboxylic acids is 1. The van der Waals surface area contributed by atoms with E-state index in [-0.39, 0.29) is 5.91 Å². The van der Waals surface area contributed by atoms with Crippen molar-refractivity contribution in [3.63, 3.8) is 0 Å². The van der Waals surface area contributed by atoms with Gasteiger partial charge >= 0.3 is 0 Å². The van der Waals surface area contributed by atoms with Crippen molar-refractivity contribution in [2.75, 3.05) is 26.7 Å². The Morgan fingerprint density at radius 2 is 2.10 bits per heavy atom. The maximum atomic E-state index is 11.7. The van der Waals surface area contributed by atoms with Crippen molar-refractivity contribution < 1.29 is 4.79 Å². The van der Waals surface area contributed by atoms with E-state index in [4.69, 9.17) is 0 Å². The van der Waals surface area contributed by atoms with Gasteiger partial charge in [0.05, 0.1) is 0 Å². The molecule has 1 amide bonds. The van der Waals surface area contributed by atoms with E-state index < -0.39 is 0 Å². The van der Waals surface area contributed by atoms with Crippen molar-refractivity contribution in [2.45, 2.75) is 38.3 Å². The normalized spacial score (nSPS) is 19.4. The number of hydrogen-bond donors (Lipinski definition) is 2. The molecule has 1 aromatic rings. The molecule has 4 nitrogen and oxygen atoms in total. The summed E-state index contributed by atoms with van der Waals surface area (Å²) in [6.07, 6.45) is 4.26. The molecule has 21 heavy (non-hydrogen) atoms. The Balaban J connectivity index is 1.82. The van der Waals surface area contributed by atoms with Gasteiger partial charge in [-0.3, -0.25) is 9.69 Å². The first-order chi connectivity index (χ1) is 10.3. The van der Waals surface area contributed by atoms with Crippen LogP contribution in [0.4, 0.5) is 0 Å². The zero-order valence-corrected chi connectivity index (χ0v) is 13.0. The molecular formula is C17H27N3O. The van der Waals surface area contributed by atoms with Crippen molar-refractivity contribution in [2.24, 2.45) is 0 Å². The number of nitrogens with zero attached hydrogens (tertiary/aromatic N) is 1. The number of nitrogens with one attached hydrogen (secondary N) is 2. The second-order valence-corrected chi connectivity index (χ2v) is 5.76. The largest absolute Gasteiger partial charge is 0.354 e. The molecule has 4 heteroatoms. The van der Waals surface area contributed by atoms with Crippen LogP contribution in [0, 0.1) is 0 Å². The molecule has 1 saturated heterocycles. The van der Waals surface area contributed by atoms with E-state index in [2.05, 4.69) is 45.9 Å². The van der Waals surface area contributed by atoms with Crippen LogP contribution in [0.2, 0.25) is 0 Å². The zero-order valence-electron chi connectivity index (χ0n) is 13.0. The summed E-state index contributed by atoms with van der Waals surface area (Å²) in [5.41, 5.74) is 1.35. The third-order valence-corrected chi connectivity index (χ3v) is 4.11. The average Bonchev–Trinajstić information content (AvgIpc) is 2.53. The fraction of sp³-hybridized carbons (Fsp3) is 0.588. The molecule has 2 rings (SSSR count). The molecule has 1 aliphatic rings. The summed E-state index contributed by atoms with van der Waals surface area (Å²) in [5, 5.41) is 6.09. The van der Waals surface area contributed by atoms with Crippen LogP contribution in [0.5, 0.6) is 0 Å². The molecule has 1 atom stereocenters. The van der Waals surface area contributed by atoms with E-state index >= 15 is 0 Å². The van der Waals surface area contributed by atoms with Gasteiger partial charge in [-0.2, -0.15) is 0 Å². The van der Waals surface area contributed by atoms with Gasteiger partial charge in [-0.25, -0.2) is 0 Å². The van der Waals surface area contributed by atoms with Gasteiger partial charge < -0.3 is 10.6 Å².